The molecular formula is C66H49N3. The van der Waals surface area contributed by atoms with E-state index in [1.807, 2.05) is 0 Å². The van der Waals surface area contributed by atoms with Crippen LogP contribution in [0.1, 0.15) is 11.1 Å². The van der Waals surface area contributed by atoms with Crippen molar-refractivity contribution < 1.29 is 0 Å². The van der Waals surface area contributed by atoms with Crippen LogP contribution in [0.4, 0.5) is 34.1 Å². The highest BCUT2D eigenvalue weighted by molar-refractivity contribution is 6.10. The minimum absolute atomic E-state index is 1.05. The highest BCUT2D eigenvalue weighted by Crippen LogP contribution is 2.47. The summed E-state index contributed by atoms with van der Waals surface area (Å²) in [4.78, 5) is 4.87. The highest BCUT2D eigenvalue weighted by Gasteiger charge is 2.23. The van der Waals surface area contributed by atoms with Gasteiger partial charge in [0.25, 0.3) is 0 Å². The summed E-state index contributed by atoms with van der Waals surface area (Å²) in [6.07, 6.45) is 0. The SMILES string of the molecule is Cc1ccccc1-c1cccc(N(c2ccccc2)c2cc(-c3cccc(-c4ccc5c(c4)c4ccccc4n5-c4ccccc4)c3)cc(N(c3ccccc3)c3cccc4ccccc34)c2)c1C. The maximum absolute atomic E-state index is 2.44. The minimum atomic E-state index is 1.05. The molecule has 11 aromatic carbocycles. The van der Waals surface area contributed by atoms with E-state index in [1.165, 1.54) is 60.4 Å². The van der Waals surface area contributed by atoms with Crippen molar-refractivity contribution in [2.75, 3.05) is 9.80 Å². The summed E-state index contributed by atoms with van der Waals surface area (Å²) in [7, 11) is 0. The number of benzene rings is 11. The second-order valence-corrected chi connectivity index (χ2v) is 17.8. The quantitative estimate of drug-likeness (QED) is 0.136. The predicted octanol–water partition coefficient (Wildman–Crippen LogP) is 18.5. The van der Waals surface area contributed by atoms with Crippen LogP contribution in [0.2, 0.25) is 0 Å². The summed E-state index contributed by atoms with van der Waals surface area (Å²) in [5, 5.41) is 4.85. The zero-order chi connectivity index (χ0) is 46.3. The standard InChI is InChI=1S/C66H49N3/c1-46-21-12-14-32-58(46)59-35-20-37-63(47(59)2)67(53-26-6-3-7-27-53)56-42-52(43-57(45-56)68(54-28-8-4-9-29-54)64-38-19-23-48-22-13-15-33-60(48)64)50-25-18-24-49(41-50)51-39-40-66-62(44-51)61-34-16-17-36-65(61)69(66)55-30-10-5-11-31-55/h3-45H,1-2H3. The first-order chi connectivity index (χ1) is 34.1. The van der Waals surface area contributed by atoms with Crippen molar-refractivity contribution in [3.63, 3.8) is 0 Å². The second kappa shape index (κ2) is 17.7. The largest absolute Gasteiger partial charge is 0.310 e. The van der Waals surface area contributed by atoms with Gasteiger partial charge < -0.3 is 14.4 Å². The number of hydrogen-bond acceptors (Lipinski definition) is 2. The molecule has 0 saturated heterocycles. The van der Waals surface area contributed by atoms with Gasteiger partial charge in [-0.25, -0.2) is 0 Å². The zero-order valence-electron chi connectivity index (χ0n) is 38.7. The van der Waals surface area contributed by atoms with Gasteiger partial charge in [0.15, 0.2) is 0 Å². The molecule has 12 rings (SSSR count). The van der Waals surface area contributed by atoms with Crippen LogP contribution in [0.15, 0.2) is 261 Å². The van der Waals surface area contributed by atoms with E-state index >= 15 is 0 Å². The monoisotopic (exact) mass is 883 g/mol. The summed E-state index contributed by atoms with van der Waals surface area (Å²) >= 11 is 0. The van der Waals surface area contributed by atoms with E-state index in [4.69, 9.17) is 0 Å². The Hall–Kier alpha value is -8.92. The Morgan fingerprint density at radius 2 is 0.826 bits per heavy atom. The third-order valence-electron chi connectivity index (χ3n) is 13.7. The minimum Gasteiger partial charge on any atom is -0.310 e. The topological polar surface area (TPSA) is 11.4 Å². The van der Waals surface area contributed by atoms with Crippen molar-refractivity contribution in [3.05, 3.63) is 272 Å². The van der Waals surface area contributed by atoms with Gasteiger partial charge in [0, 0.05) is 50.3 Å². The van der Waals surface area contributed by atoms with Gasteiger partial charge in [-0.15, -0.1) is 0 Å². The molecule has 3 nitrogen and oxygen atoms in total. The predicted molar refractivity (Wildman–Crippen MR) is 293 cm³/mol. The van der Waals surface area contributed by atoms with Gasteiger partial charge in [0.2, 0.25) is 0 Å². The molecule has 328 valence electrons. The van der Waals surface area contributed by atoms with Gasteiger partial charge in [-0.2, -0.15) is 0 Å². The zero-order valence-corrected chi connectivity index (χ0v) is 38.7. The maximum atomic E-state index is 2.44. The van der Waals surface area contributed by atoms with E-state index in [0.717, 1.165) is 56.5 Å². The fraction of sp³-hybridized carbons (Fsp3) is 0.0303. The van der Waals surface area contributed by atoms with Crippen molar-refractivity contribution in [2.24, 2.45) is 0 Å². The molecule has 0 N–H and O–H groups in total. The van der Waals surface area contributed by atoms with Crippen LogP contribution in [0.25, 0.3) is 71.6 Å². The maximum Gasteiger partial charge on any atom is 0.0541 e. The van der Waals surface area contributed by atoms with Crippen molar-refractivity contribution >= 4 is 66.7 Å². The summed E-state index contributed by atoms with van der Waals surface area (Å²) in [5.74, 6) is 0. The third kappa shape index (κ3) is 7.61. The number of nitrogens with zero attached hydrogens (tertiary/aromatic N) is 3. The second-order valence-electron chi connectivity index (χ2n) is 17.8. The molecule has 12 aromatic rings. The number of anilines is 6. The first-order valence-corrected chi connectivity index (χ1v) is 23.8. The number of hydrogen-bond donors (Lipinski definition) is 0. The van der Waals surface area contributed by atoms with Gasteiger partial charge >= 0.3 is 0 Å². The molecular weight excluding hydrogens is 835 g/mol. The Kier molecular flexibility index (Phi) is 10.7. The molecule has 0 fully saturated rings. The summed E-state index contributed by atoms with van der Waals surface area (Å²) in [5.41, 5.74) is 19.6. The molecule has 0 unspecified atom stereocenters. The number of aromatic nitrogens is 1. The lowest BCUT2D eigenvalue weighted by Crippen LogP contribution is -2.15. The van der Waals surface area contributed by atoms with Crippen molar-refractivity contribution in [1.82, 2.24) is 4.57 Å². The van der Waals surface area contributed by atoms with E-state index in [0.29, 0.717) is 0 Å². The van der Waals surface area contributed by atoms with Crippen LogP contribution >= 0.6 is 0 Å². The number of aryl methyl sites for hydroxylation is 1. The Morgan fingerprint density at radius 3 is 1.57 bits per heavy atom. The molecule has 0 saturated carbocycles. The first kappa shape index (κ1) is 41.5. The Balaban J connectivity index is 1.08. The highest BCUT2D eigenvalue weighted by atomic mass is 15.2. The van der Waals surface area contributed by atoms with Crippen molar-refractivity contribution in [3.8, 4) is 39.1 Å². The van der Waals surface area contributed by atoms with Gasteiger partial charge in [0.1, 0.15) is 0 Å². The van der Waals surface area contributed by atoms with Crippen LogP contribution in [0.5, 0.6) is 0 Å². The van der Waals surface area contributed by atoms with Gasteiger partial charge in [-0.3, -0.25) is 0 Å². The number of rotatable bonds is 10. The molecule has 3 heteroatoms. The summed E-state index contributed by atoms with van der Waals surface area (Å²) < 4.78 is 2.38. The molecule has 0 bridgehead atoms. The average Bonchev–Trinajstić information content (AvgIpc) is 3.74. The Labute approximate surface area is 404 Å². The van der Waals surface area contributed by atoms with Crippen molar-refractivity contribution in [1.29, 1.82) is 0 Å². The molecule has 0 aliphatic rings. The van der Waals surface area contributed by atoms with Crippen LogP contribution in [-0.4, -0.2) is 4.57 Å². The van der Waals surface area contributed by atoms with Crippen molar-refractivity contribution in [2.45, 2.75) is 13.8 Å². The molecule has 1 aromatic heterocycles. The van der Waals surface area contributed by atoms with E-state index in [2.05, 4.69) is 289 Å². The van der Waals surface area contributed by atoms with Gasteiger partial charge in [-0.1, -0.05) is 170 Å². The lowest BCUT2D eigenvalue weighted by atomic mass is 9.94. The van der Waals surface area contributed by atoms with E-state index in [-0.39, 0.29) is 0 Å². The fourth-order valence-corrected chi connectivity index (χ4v) is 10.4. The molecule has 0 radical (unpaired) electrons. The number of para-hydroxylation sites is 4. The van der Waals surface area contributed by atoms with Crippen LogP contribution in [0, 0.1) is 13.8 Å². The van der Waals surface area contributed by atoms with E-state index in [9.17, 15) is 0 Å². The molecule has 0 atom stereocenters. The van der Waals surface area contributed by atoms with Crippen LogP contribution in [-0.2, 0) is 0 Å². The third-order valence-corrected chi connectivity index (χ3v) is 13.7. The molecule has 69 heavy (non-hydrogen) atoms. The van der Waals surface area contributed by atoms with E-state index in [1.54, 1.807) is 0 Å². The lowest BCUT2D eigenvalue weighted by Gasteiger charge is -2.32. The number of fused-ring (bicyclic) bond motifs is 4. The van der Waals surface area contributed by atoms with E-state index < -0.39 is 0 Å². The molecule has 1 heterocycles. The fourth-order valence-electron chi connectivity index (χ4n) is 10.4. The molecule has 0 aliphatic carbocycles. The average molecular weight is 884 g/mol. The summed E-state index contributed by atoms with van der Waals surface area (Å²) in [6, 6.07) is 94.9. The Bertz CT molecular complexity index is 3810. The first-order valence-electron chi connectivity index (χ1n) is 23.8. The smallest absolute Gasteiger partial charge is 0.0541 e. The molecule has 0 spiro atoms. The molecule has 0 amide bonds. The van der Waals surface area contributed by atoms with Gasteiger partial charge in [-0.05, 0) is 155 Å². The Morgan fingerprint density at radius 1 is 0.304 bits per heavy atom. The van der Waals surface area contributed by atoms with Gasteiger partial charge in [0.05, 0.1) is 16.7 Å². The van der Waals surface area contributed by atoms with Crippen LogP contribution < -0.4 is 9.80 Å². The van der Waals surface area contributed by atoms with Crippen LogP contribution in [0.3, 0.4) is 0 Å². The normalized spacial score (nSPS) is 11.3. The lowest BCUT2D eigenvalue weighted by molar-refractivity contribution is 1.18. The molecule has 0 aliphatic heterocycles. The summed E-state index contributed by atoms with van der Waals surface area (Å²) in [6.45, 7) is 4.47.